The van der Waals surface area contributed by atoms with E-state index in [9.17, 15) is 9.18 Å². The van der Waals surface area contributed by atoms with E-state index in [1.54, 1.807) is 25.2 Å². The molecule has 0 fully saturated rings. The lowest BCUT2D eigenvalue weighted by atomic mass is 10.1. The lowest BCUT2D eigenvalue weighted by Gasteiger charge is -2.14. The van der Waals surface area contributed by atoms with Crippen molar-refractivity contribution in [2.75, 3.05) is 12.8 Å². The van der Waals surface area contributed by atoms with Crippen LogP contribution in [0.4, 0.5) is 4.39 Å². The van der Waals surface area contributed by atoms with E-state index in [4.69, 9.17) is 4.52 Å². The molecule has 7 heteroatoms. The maximum atomic E-state index is 13.6. The summed E-state index contributed by atoms with van der Waals surface area (Å²) in [6, 6.07) is 14.4. The largest absolute Gasteiger partial charge is 0.337 e. The van der Waals surface area contributed by atoms with Crippen molar-refractivity contribution in [3.05, 3.63) is 71.4 Å². The minimum Gasteiger partial charge on any atom is -0.337 e. The Labute approximate surface area is 161 Å². The first kappa shape index (κ1) is 19.1. The molecule has 0 aliphatic rings. The van der Waals surface area contributed by atoms with E-state index in [2.05, 4.69) is 10.1 Å². The molecule has 0 spiro atoms. The molecule has 0 radical (unpaired) electrons. The summed E-state index contributed by atoms with van der Waals surface area (Å²) < 4.78 is 18.8. The summed E-state index contributed by atoms with van der Waals surface area (Å²) in [5.41, 5.74) is 2.61. The van der Waals surface area contributed by atoms with Gasteiger partial charge in [-0.3, -0.25) is 4.79 Å². The molecule has 27 heavy (non-hydrogen) atoms. The first-order valence-electron chi connectivity index (χ1n) is 8.47. The van der Waals surface area contributed by atoms with Crippen molar-refractivity contribution in [3.8, 4) is 11.4 Å². The topological polar surface area (TPSA) is 59.2 Å². The van der Waals surface area contributed by atoms with Crippen molar-refractivity contribution >= 4 is 17.7 Å². The van der Waals surface area contributed by atoms with Gasteiger partial charge in [0.05, 0.1) is 12.3 Å². The van der Waals surface area contributed by atoms with Crippen LogP contribution in [0.1, 0.15) is 17.0 Å². The van der Waals surface area contributed by atoms with Crippen LogP contribution >= 0.6 is 11.8 Å². The molecule has 1 heterocycles. The van der Waals surface area contributed by atoms with E-state index in [1.807, 2.05) is 31.2 Å². The minimum atomic E-state index is -0.250. The van der Waals surface area contributed by atoms with Gasteiger partial charge in [-0.05, 0) is 18.6 Å². The summed E-state index contributed by atoms with van der Waals surface area (Å²) in [6.07, 6.45) is 0. The van der Waals surface area contributed by atoms with Gasteiger partial charge in [-0.1, -0.05) is 53.2 Å². The molecule has 0 saturated carbocycles. The van der Waals surface area contributed by atoms with Crippen molar-refractivity contribution in [3.63, 3.8) is 0 Å². The second-order valence-electron chi connectivity index (χ2n) is 6.21. The van der Waals surface area contributed by atoms with E-state index in [0.29, 0.717) is 23.0 Å². The van der Waals surface area contributed by atoms with Gasteiger partial charge in [-0.2, -0.15) is 4.98 Å². The van der Waals surface area contributed by atoms with Crippen LogP contribution in [0.3, 0.4) is 0 Å². The number of rotatable bonds is 7. The Morgan fingerprint density at radius 2 is 1.93 bits per heavy atom. The normalized spacial score (nSPS) is 10.8. The van der Waals surface area contributed by atoms with Crippen LogP contribution < -0.4 is 0 Å². The second-order valence-corrected chi connectivity index (χ2v) is 7.20. The number of aryl methyl sites for hydroxylation is 1. The molecule has 0 saturated heterocycles. The van der Waals surface area contributed by atoms with E-state index < -0.39 is 0 Å². The first-order valence-corrected chi connectivity index (χ1v) is 9.63. The van der Waals surface area contributed by atoms with Crippen LogP contribution in [0.5, 0.6) is 0 Å². The highest BCUT2D eigenvalue weighted by molar-refractivity contribution is 7.99. The lowest BCUT2D eigenvalue weighted by molar-refractivity contribution is -0.127. The first-order chi connectivity index (χ1) is 13.0. The summed E-state index contributed by atoms with van der Waals surface area (Å²) in [6.45, 7) is 2.24. The number of benzene rings is 2. The molecule has 3 rings (SSSR count). The Morgan fingerprint density at radius 1 is 1.19 bits per heavy atom. The van der Waals surface area contributed by atoms with Gasteiger partial charge in [0.2, 0.25) is 17.6 Å². The molecule has 0 N–H and O–H groups in total. The molecular formula is C20H20FN3O2S. The van der Waals surface area contributed by atoms with E-state index in [0.717, 1.165) is 11.1 Å². The van der Waals surface area contributed by atoms with Gasteiger partial charge in [0.1, 0.15) is 5.82 Å². The Morgan fingerprint density at radius 3 is 2.67 bits per heavy atom. The number of hydrogen-bond donors (Lipinski definition) is 0. The summed E-state index contributed by atoms with van der Waals surface area (Å²) in [7, 11) is 1.68. The van der Waals surface area contributed by atoms with Gasteiger partial charge in [-0.25, -0.2) is 4.39 Å². The second kappa shape index (κ2) is 8.81. The van der Waals surface area contributed by atoms with Crippen LogP contribution in [0.25, 0.3) is 11.4 Å². The standard InChI is InChI=1S/C20H20FN3O2S/c1-14-7-9-15(10-8-14)20-22-18(26-23-20)11-24(2)19(25)13-27-12-16-5-3-4-6-17(16)21/h3-10H,11-13H2,1-2H3. The Kier molecular flexibility index (Phi) is 6.24. The van der Waals surface area contributed by atoms with Crippen LogP contribution in [0, 0.1) is 12.7 Å². The van der Waals surface area contributed by atoms with Crippen molar-refractivity contribution < 1.29 is 13.7 Å². The summed E-state index contributed by atoms with van der Waals surface area (Å²) in [5, 5.41) is 3.97. The Bertz CT molecular complexity index is 912. The number of amides is 1. The zero-order valence-electron chi connectivity index (χ0n) is 15.2. The fourth-order valence-electron chi connectivity index (χ4n) is 2.40. The summed E-state index contributed by atoms with van der Waals surface area (Å²) in [4.78, 5) is 18.1. The average molecular weight is 385 g/mol. The number of nitrogens with zero attached hydrogens (tertiary/aromatic N) is 3. The van der Waals surface area contributed by atoms with Gasteiger partial charge < -0.3 is 9.42 Å². The number of carbonyl (C=O) groups is 1. The molecule has 1 amide bonds. The highest BCUT2D eigenvalue weighted by Gasteiger charge is 2.15. The Hall–Kier alpha value is -2.67. The monoisotopic (exact) mass is 385 g/mol. The maximum Gasteiger partial charge on any atom is 0.246 e. The van der Waals surface area contributed by atoms with Crippen molar-refractivity contribution in [1.29, 1.82) is 0 Å². The van der Waals surface area contributed by atoms with E-state index in [1.165, 1.54) is 22.7 Å². The maximum absolute atomic E-state index is 13.6. The molecule has 5 nitrogen and oxygen atoms in total. The number of halogens is 1. The molecule has 0 bridgehead atoms. The molecule has 140 valence electrons. The SMILES string of the molecule is Cc1ccc(-c2noc(CN(C)C(=O)CSCc3ccccc3F)n2)cc1. The fourth-order valence-corrected chi connectivity index (χ4v) is 3.36. The van der Waals surface area contributed by atoms with Crippen molar-refractivity contribution in [2.24, 2.45) is 0 Å². The highest BCUT2D eigenvalue weighted by Crippen LogP contribution is 2.18. The number of aromatic nitrogens is 2. The minimum absolute atomic E-state index is 0.0774. The van der Waals surface area contributed by atoms with Crippen molar-refractivity contribution in [1.82, 2.24) is 15.0 Å². The summed E-state index contributed by atoms with van der Waals surface area (Å²) in [5.74, 6) is 1.25. The number of thioether (sulfide) groups is 1. The lowest BCUT2D eigenvalue weighted by Crippen LogP contribution is -2.28. The molecule has 3 aromatic rings. The molecule has 0 aliphatic heterocycles. The van der Waals surface area contributed by atoms with Gasteiger partial charge in [0.15, 0.2) is 0 Å². The van der Waals surface area contributed by atoms with Crippen LogP contribution in [0.15, 0.2) is 53.1 Å². The third-order valence-corrected chi connectivity index (χ3v) is 4.98. The Balaban J connectivity index is 1.51. The van der Waals surface area contributed by atoms with Crippen LogP contribution in [-0.2, 0) is 17.1 Å². The van der Waals surface area contributed by atoms with Crippen LogP contribution in [0.2, 0.25) is 0 Å². The molecule has 0 atom stereocenters. The molecule has 0 aliphatic carbocycles. The van der Waals surface area contributed by atoms with Gasteiger partial charge in [0.25, 0.3) is 0 Å². The molecule has 0 unspecified atom stereocenters. The molecular weight excluding hydrogens is 365 g/mol. The van der Waals surface area contributed by atoms with Gasteiger partial charge >= 0.3 is 0 Å². The fraction of sp³-hybridized carbons (Fsp3) is 0.250. The number of carbonyl (C=O) groups excluding carboxylic acids is 1. The summed E-state index contributed by atoms with van der Waals surface area (Å²) >= 11 is 1.37. The average Bonchev–Trinajstić information content (AvgIpc) is 3.12. The van der Waals surface area contributed by atoms with Gasteiger partial charge in [-0.15, -0.1) is 11.8 Å². The van der Waals surface area contributed by atoms with Gasteiger partial charge in [0, 0.05) is 18.4 Å². The predicted octanol–water partition coefficient (Wildman–Crippen LogP) is 4.08. The predicted molar refractivity (Wildman–Crippen MR) is 104 cm³/mol. The highest BCUT2D eigenvalue weighted by atomic mass is 32.2. The van der Waals surface area contributed by atoms with Crippen molar-refractivity contribution in [2.45, 2.75) is 19.2 Å². The zero-order valence-corrected chi connectivity index (χ0v) is 16.0. The zero-order chi connectivity index (χ0) is 19.2. The molecule has 2 aromatic carbocycles. The third kappa shape index (κ3) is 5.17. The number of hydrogen-bond acceptors (Lipinski definition) is 5. The van der Waals surface area contributed by atoms with E-state index in [-0.39, 0.29) is 24.0 Å². The third-order valence-electron chi connectivity index (χ3n) is 4.02. The van der Waals surface area contributed by atoms with Crippen LogP contribution in [-0.4, -0.2) is 33.7 Å². The smallest absolute Gasteiger partial charge is 0.246 e. The molecule has 1 aromatic heterocycles. The van der Waals surface area contributed by atoms with E-state index >= 15 is 0 Å². The quantitative estimate of drug-likeness (QED) is 0.613.